The van der Waals surface area contributed by atoms with Crippen LogP contribution in [0.1, 0.15) is 13.3 Å². The van der Waals surface area contributed by atoms with Crippen LogP contribution in [-0.4, -0.2) is 53.1 Å². The molecule has 0 aromatic heterocycles. The van der Waals surface area contributed by atoms with Gasteiger partial charge in [0.15, 0.2) is 6.23 Å². The van der Waals surface area contributed by atoms with E-state index in [-0.39, 0.29) is 19.1 Å². The van der Waals surface area contributed by atoms with Crippen LogP contribution < -0.4 is 0 Å². The van der Waals surface area contributed by atoms with E-state index in [2.05, 4.69) is 9.57 Å². The fourth-order valence-corrected chi connectivity index (χ4v) is 1.51. The first-order valence-corrected chi connectivity index (χ1v) is 4.71. The Morgan fingerprint density at radius 2 is 2.06 bits per heavy atom. The molecule has 1 aliphatic heterocycles. The molecule has 8 nitrogen and oxygen atoms in total. The molecule has 0 amide bonds. The summed E-state index contributed by atoms with van der Waals surface area (Å²) in [4.78, 5) is 25.1. The first-order chi connectivity index (χ1) is 7.52. The van der Waals surface area contributed by atoms with Crippen LogP contribution in [0.4, 0.5) is 9.59 Å². The summed E-state index contributed by atoms with van der Waals surface area (Å²) in [5.41, 5.74) is 0. The van der Waals surface area contributed by atoms with Gasteiger partial charge in [-0.2, -0.15) is 0 Å². The Labute approximate surface area is 91.3 Å². The number of rotatable bonds is 4. The molecule has 92 valence electrons. The zero-order valence-electron chi connectivity index (χ0n) is 8.66. The van der Waals surface area contributed by atoms with Gasteiger partial charge in [-0.3, -0.25) is 0 Å². The Hall–Kier alpha value is -1.54. The van der Waals surface area contributed by atoms with Gasteiger partial charge in [-0.05, 0) is 6.92 Å². The predicted molar refractivity (Wildman–Crippen MR) is 48.7 cm³/mol. The third-order valence-corrected chi connectivity index (χ3v) is 2.00. The minimum Gasteiger partial charge on any atom is -0.450 e. The average molecular weight is 235 g/mol. The monoisotopic (exact) mass is 235 g/mol. The predicted octanol–water partition coefficient (Wildman–Crippen LogP) is 0.728. The second kappa shape index (κ2) is 5.52. The molecule has 0 aromatic rings. The molecule has 8 heteroatoms. The van der Waals surface area contributed by atoms with Crippen molar-refractivity contribution >= 4 is 12.3 Å². The molecule has 1 fully saturated rings. The molecule has 0 spiro atoms. The summed E-state index contributed by atoms with van der Waals surface area (Å²) < 4.78 is 9.71. The third kappa shape index (κ3) is 3.55. The van der Waals surface area contributed by atoms with Crippen molar-refractivity contribution in [1.29, 1.82) is 0 Å². The van der Waals surface area contributed by atoms with Gasteiger partial charge in [0.1, 0.15) is 0 Å². The molecule has 0 bridgehead atoms. The van der Waals surface area contributed by atoms with Crippen molar-refractivity contribution in [3.63, 3.8) is 0 Å². The maximum atomic E-state index is 10.4. The van der Waals surface area contributed by atoms with Crippen LogP contribution >= 0.6 is 0 Å². The van der Waals surface area contributed by atoms with Crippen molar-refractivity contribution in [2.45, 2.75) is 25.7 Å². The largest absolute Gasteiger partial charge is 0.525 e. The van der Waals surface area contributed by atoms with Gasteiger partial charge in [0.05, 0.1) is 12.6 Å². The molecule has 0 aliphatic carbocycles. The van der Waals surface area contributed by atoms with Crippen molar-refractivity contribution in [1.82, 2.24) is 5.06 Å². The summed E-state index contributed by atoms with van der Waals surface area (Å²) in [6, 6.07) is 0. The van der Waals surface area contributed by atoms with E-state index in [1.165, 1.54) is 0 Å². The molecule has 0 unspecified atom stereocenters. The van der Waals surface area contributed by atoms with E-state index in [4.69, 9.17) is 14.9 Å². The fourth-order valence-electron chi connectivity index (χ4n) is 1.51. The van der Waals surface area contributed by atoms with Crippen LogP contribution in [0.3, 0.4) is 0 Å². The molecule has 1 heterocycles. The molecule has 16 heavy (non-hydrogen) atoms. The van der Waals surface area contributed by atoms with Crippen molar-refractivity contribution < 1.29 is 34.1 Å². The second-order valence-corrected chi connectivity index (χ2v) is 3.11. The standard InChI is InChI=1S/C8H13NO7/c1-2-14-5-3-6(15-7(10)11)9(4-5)16-8(12)13/h5-6H,2-4H2,1H3,(H,10,11)(H,12,13)/t5-,6+/m1/s1. The van der Waals surface area contributed by atoms with E-state index >= 15 is 0 Å². The van der Waals surface area contributed by atoms with Crippen molar-refractivity contribution in [2.24, 2.45) is 0 Å². The number of hydroxylamine groups is 2. The molecular formula is C8H13NO7. The van der Waals surface area contributed by atoms with Crippen molar-refractivity contribution in [2.75, 3.05) is 13.2 Å². The van der Waals surface area contributed by atoms with Crippen LogP contribution in [0.5, 0.6) is 0 Å². The topological polar surface area (TPSA) is 106 Å². The van der Waals surface area contributed by atoms with Crippen LogP contribution in [0.2, 0.25) is 0 Å². The van der Waals surface area contributed by atoms with E-state index in [0.29, 0.717) is 6.61 Å². The summed E-state index contributed by atoms with van der Waals surface area (Å²) in [7, 11) is 0. The lowest BCUT2D eigenvalue weighted by Gasteiger charge is -2.19. The highest BCUT2D eigenvalue weighted by molar-refractivity contribution is 5.57. The van der Waals surface area contributed by atoms with E-state index in [1.807, 2.05) is 0 Å². The first-order valence-electron chi connectivity index (χ1n) is 4.71. The minimum absolute atomic E-state index is 0.151. The summed E-state index contributed by atoms with van der Waals surface area (Å²) >= 11 is 0. The smallest absolute Gasteiger partial charge is 0.450 e. The van der Waals surface area contributed by atoms with Gasteiger partial charge < -0.3 is 24.5 Å². The molecule has 2 atom stereocenters. The second-order valence-electron chi connectivity index (χ2n) is 3.11. The normalized spacial score (nSPS) is 25.3. The summed E-state index contributed by atoms with van der Waals surface area (Å²) in [5, 5.41) is 17.8. The lowest BCUT2D eigenvalue weighted by molar-refractivity contribution is -0.189. The summed E-state index contributed by atoms with van der Waals surface area (Å²) in [6.07, 6.45) is -4.01. The van der Waals surface area contributed by atoms with Gasteiger partial charge >= 0.3 is 12.3 Å². The van der Waals surface area contributed by atoms with Crippen molar-refractivity contribution in [3.05, 3.63) is 0 Å². The lowest BCUT2D eigenvalue weighted by atomic mass is 10.3. The highest BCUT2D eigenvalue weighted by Gasteiger charge is 2.38. The maximum absolute atomic E-state index is 10.4. The van der Waals surface area contributed by atoms with Crippen LogP contribution in [0.15, 0.2) is 0 Å². The van der Waals surface area contributed by atoms with Crippen LogP contribution in [-0.2, 0) is 14.3 Å². The quantitative estimate of drug-likeness (QED) is 0.687. The number of carbonyl (C=O) groups is 2. The summed E-state index contributed by atoms with van der Waals surface area (Å²) in [6.45, 7) is 2.39. The highest BCUT2D eigenvalue weighted by atomic mass is 16.8. The molecule has 1 rings (SSSR count). The van der Waals surface area contributed by atoms with Crippen LogP contribution in [0.25, 0.3) is 0 Å². The Kier molecular flexibility index (Phi) is 4.32. The SMILES string of the molecule is CCO[C@@H]1C[C@H](OC(=O)O)N(OC(=O)O)C1. The Balaban J connectivity index is 2.55. The third-order valence-electron chi connectivity index (χ3n) is 2.00. The number of ether oxygens (including phenoxy) is 2. The zero-order valence-corrected chi connectivity index (χ0v) is 8.66. The first kappa shape index (κ1) is 12.5. The Morgan fingerprint density at radius 1 is 1.38 bits per heavy atom. The summed E-state index contributed by atoms with van der Waals surface area (Å²) in [5.74, 6) is 0. The minimum atomic E-state index is -1.52. The van der Waals surface area contributed by atoms with Crippen LogP contribution in [0, 0.1) is 0 Å². The number of nitrogens with zero attached hydrogens (tertiary/aromatic N) is 1. The lowest BCUT2D eigenvalue weighted by Crippen LogP contribution is -2.35. The number of hydrogen-bond donors (Lipinski definition) is 2. The van der Waals surface area contributed by atoms with Gasteiger partial charge in [0.2, 0.25) is 0 Å². The maximum Gasteiger partial charge on any atom is 0.525 e. The molecule has 0 saturated carbocycles. The average Bonchev–Trinajstić information content (AvgIpc) is 2.46. The van der Waals surface area contributed by atoms with Gasteiger partial charge in [-0.15, -0.1) is 0 Å². The van der Waals surface area contributed by atoms with Gasteiger partial charge in [0, 0.05) is 13.0 Å². The molecule has 0 radical (unpaired) electrons. The Morgan fingerprint density at radius 3 is 2.56 bits per heavy atom. The number of hydrogen-bond acceptors (Lipinski definition) is 6. The van der Waals surface area contributed by atoms with Gasteiger partial charge in [-0.25, -0.2) is 9.59 Å². The fraction of sp³-hybridized carbons (Fsp3) is 0.750. The van der Waals surface area contributed by atoms with E-state index in [1.54, 1.807) is 6.92 Å². The molecule has 0 aromatic carbocycles. The zero-order chi connectivity index (χ0) is 12.1. The van der Waals surface area contributed by atoms with E-state index in [0.717, 1.165) is 5.06 Å². The van der Waals surface area contributed by atoms with Gasteiger partial charge in [0.25, 0.3) is 0 Å². The number of carboxylic acid groups (broad SMARTS) is 2. The molecule has 2 N–H and O–H groups in total. The molecule has 1 saturated heterocycles. The van der Waals surface area contributed by atoms with E-state index in [9.17, 15) is 9.59 Å². The Bertz CT molecular complexity index is 245. The van der Waals surface area contributed by atoms with E-state index < -0.39 is 18.5 Å². The van der Waals surface area contributed by atoms with Gasteiger partial charge in [-0.1, -0.05) is 5.06 Å². The van der Waals surface area contributed by atoms with Crippen molar-refractivity contribution in [3.8, 4) is 0 Å². The molecule has 1 aliphatic rings. The highest BCUT2D eigenvalue weighted by Crippen LogP contribution is 2.21. The molecular weight excluding hydrogens is 222 g/mol.